The van der Waals surface area contributed by atoms with E-state index in [-0.39, 0.29) is 23.4 Å². The van der Waals surface area contributed by atoms with E-state index in [9.17, 15) is 14.0 Å². The summed E-state index contributed by atoms with van der Waals surface area (Å²) in [4.78, 5) is 27.8. The first-order valence-electron chi connectivity index (χ1n) is 9.84. The third-order valence-electron chi connectivity index (χ3n) is 5.89. The van der Waals surface area contributed by atoms with Crippen LogP contribution in [0.1, 0.15) is 49.0 Å². The maximum absolute atomic E-state index is 13.4. The van der Waals surface area contributed by atoms with Crippen molar-refractivity contribution in [2.45, 2.75) is 44.6 Å². The van der Waals surface area contributed by atoms with Gasteiger partial charge in [0, 0.05) is 12.6 Å². The van der Waals surface area contributed by atoms with Crippen molar-refractivity contribution in [3.8, 4) is 11.4 Å². The summed E-state index contributed by atoms with van der Waals surface area (Å²) in [7, 11) is 1.43. The molecule has 1 amide bonds. The molecule has 1 aliphatic carbocycles. The largest absolute Gasteiger partial charge is 0.494 e. The lowest BCUT2D eigenvalue weighted by Crippen LogP contribution is -2.50. The number of aromatic nitrogens is 2. The molecule has 0 bridgehead atoms. The number of nitrogens with zero attached hydrogens (tertiary/aromatic N) is 3. The SMILES string of the molecule is COc1cc(=O)n(-c2ccc(F)cc2)nc1C(=O)N1CCC[C@H]2CCCC[C@H]21. The number of amides is 1. The molecule has 6 nitrogen and oxygen atoms in total. The van der Waals surface area contributed by atoms with Crippen molar-refractivity contribution in [1.82, 2.24) is 14.7 Å². The number of carbonyl (C=O) groups excluding carboxylic acids is 1. The highest BCUT2D eigenvalue weighted by molar-refractivity contribution is 5.95. The highest BCUT2D eigenvalue weighted by Crippen LogP contribution is 2.36. The molecule has 2 fully saturated rings. The molecule has 1 aliphatic heterocycles. The fourth-order valence-corrected chi connectivity index (χ4v) is 4.52. The third kappa shape index (κ3) is 3.41. The van der Waals surface area contributed by atoms with E-state index in [0.29, 0.717) is 18.2 Å². The first-order valence-corrected chi connectivity index (χ1v) is 9.84. The van der Waals surface area contributed by atoms with Crippen LogP contribution in [0.15, 0.2) is 35.1 Å². The topological polar surface area (TPSA) is 64.4 Å². The van der Waals surface area contributed by atoms with Gasteiger partial charge in [0.05, 0.1) is 18.9 Å². The quantitative estimate of drug-likeness (QED) is 0.814. The molecule has 2 atom stereocenters. The van der Waals surface area contributed by atoms with E-state index in [1.165, 1.54) is 43.9 Å². The van der Waals surface area contributed by atoms with Gasteiger partial charge in [0.25, 0.3) is 11.5 Å². The molecular formula is C21H24FN3O3. The van der Waals surface area contributed by atoms with Gasteiger partial charge in [-0.25, -0.2) is 4.39 Å². The van der Waals surface area contributed by atoms with Crippen molar-refractivity contribution in [3.05, 3.63) is 52.2 Å². The molecule has 1 saturated heterocycles. The van der Waals surface area contributed by atoms with Crippen LogP contribution in [0.25, 0.3) is 5.69 Å². The zero-order chi connectivity index (χ0) is 19.7. The summed E-state index contributed by atoms with van der Waals surface area (Å²) >= 11 is 0. The number of rotatable bonds is 3. The van der Waals surface area contributed by atoms with Gasteiger partial charge in [-0.3, -0.25) is 9.59 Å². The molecule has 7 heteroatoms. The van der Waals surface area contributed by atoms with Gasteiger partial charge < -0.3 is 9.64 Å². The molecule has 0 spiro atoms. The molecule has 4 rings (SSSR count). The molecule has 0 radical (unpaired) electrons. The molecule has 2 heterocycles. The number of piperidine rings is 1. The zero-order valence-corrected chi connectivity index (χ0v) is 15.9. The van der Waals surface area contributed by atoms with Crippen LogP contribution in [0.2, 0.25) is 0 Å². The highest BCUT2D eigenvalue weighted by atomic mass is 19.1. The second-order valence-corrected chi connectivity index (χ2v) is 7.54. The Labute approximate surface area is 162 Å². The van der Waals surface area contributed by atoms with Gasteiger partial charge in [0.2, 0.25) is 0 Å². The van der Waals surface area contributed by atoms with Gasteiger partial charge >= 0.3 is 0 Å². The van der Waals surface area contributed by atoms with Crippen LogP contribution in [0.3, 0.4) is 0 Å². The fraction of sp³-hybridized carbons (Fsp3) is 0.476. The number of likely N-dealkylation sites (tertiary alicyclic amines) is 1. The van der Waals surface area contributed by atoms with Crippen molar-refractivity contribution in [1.29, 1.82) is 0 Å². The summed E-state index contributed by atoms with van der Waals surface area (Å²) in [6.07, 6.45) is 6.66. The Morgan fingerprint density at radius 3 is 2.61 bits per heavy atom. The molecule has 1 aromatic heterocycles. The Bertz CT molecular complexity index is 923. The van der Waals surface area contributed by atoms with Gasteiger partial charge in [-0.15, -0.1) is 0 Å². The number of hydrogen-bond acceptors (Lipinski definition) is 4. The second-order valence-electron chi connectivity index (χ2n) is 7.54. The number of benzene rings is 1. The van der Waals surface area contributed by atoms with Crippen LogP contribution in [-0.2, 0) is 0 Å². The minimum absolute atomic E-state index is 0.123. The predicted molar refractivity (Wildman–Crippen MR) is 102 cm³/mol. The molecule has 0 N–H and O–H groups in total. The monoisotopic (exact) mass is 385 g/mol. The lowest BCUT2D eigenvalue weighted by Gasteiger charge is -2.44. The van der Waals surface area contributed by atoms with Crippen LogP contribution in [0, 0.1) is 11.7 Å². The molecule has 0 unspecified atom stereocenters. The van der Waals surface area contributed by atoms with Gasteiger partial charge in [0.1, 0.15) is 5.82 Å². The van der Waals surface area contributed by atoms with E-state index in [1.807, 2.05) is 4.90 Å². The van der Waals surface area contributed by atoms with Crippen molar-refractivity contribution < 1.29 is 13.9 Å². The lowest BCUT2D eigenvalue weighted by molar-refractivity contribution is 0.0380. The van der Waals surface area contributed by atoms with E-state index in [1.54, 1.807) is 0 Å². The van der Waals surface area contributed by atoms with E-state index in [4.69, 9.17) is 4.74 Å². The molecule has 28 heavy (non-hydrogen) atoms. The summed E-state index contributed by atoms with van der Waals surface area (Å²) in [5, 5.41) is 4.32. The van der Waals surface area contributed by atoms with E-state index >= 15 is 0 Å². The Morgan fingerprint density at radius 2 is 1.86 bits per heavy atom. The molecular weight excluding hydrogens is 361 g/mol. The average molecular weight is 385 g/mol. The van der Waals surface area contributed by atoms with Crippen LogP contribution >= 0.6 is 0 Å². The minimum Gasteiger partial charge on any atom is -0.494 e. The van der Waals surface area contributed by atoms with Gasteiger partial charge in [-0.05, 0) is 55.9 Å². The summed E-state index contributed by atoms with van der Waals surface area (Å²) in [6.45, 7) is 0.695. The first kappa shape index (κ1) is 18.7. The number of ether oxygens (including phenoxy) is 1. The van der Waals surface area contributed by atoms with E-state index < -0.39 is 11.4 Å². The molecule has 2 aliphatic rings. The second kappa shape index (κ2) is 7.73. The van der Waals surface area contributed by atoms with Gasteiger partial charge in [-0.2, -0.15) is 9.78 Å². The smallest absolute Gasteiger partial charge is 0.278 e. The van der Waals surface area contributed by atoms with Crippen molar-refractivity contribution in [3.63, 3.8) is 0 Å². The van der Waals surface area contributed by atoms with Crippen molar-refractivity contribution in [2.75, 3.05) is 13.7 Å². The molecule has 1 saturated carbocycles. The Morgan fingerprint density at radius 1 is 1.14 bits per heavy atom. The summed E-state index contributed by atoms with van der Waals surface area (Å²) in [5.74, 6) is 0.106. The summed E-state index contributed by atoms with van der Waals surface area (Å²) < 4.78 is 19.7. The minimum atomic E-state index is -0.436. The van der Waals surface area contributed by atoms with Crippen LogP contribution in [-0.4, -0.2) is 40.3 Å². The predicted octanol–water partition coefficient (Wildman–Crippen LogP) is 3.18. The zero-order valence-electron chi connectivity index (χ0n) is 15.9. The first-order chi connectivity index (χ1) is 13.6. The number of hydrogen-bond donors (Lipinski definition) is 0. The maximum Gasteiger partial charge on any atom is 0.278 e. The van der Waals surface area contributed by atoms with Gasteiger partial charge in [-0.1, -0.05) is 12.8 Å². The van der Waals surface area contributed by atoms with Crippen LogP contribution < -0.4 is 10.3 Å². The van der Waals surface area contributed by atoms with Crippen molar-refractivity contribution >= 4 is 5.91 Å². The number of fused-ring (bicyclic) bond motifs is 1. The Kier molecular flexibility index (Phi) is 5.15. The van der Waals surface area contributed by atoms with E-state index in [2.05, 4.69) is 5.10 Å². The molecule has 148 valence electrons. The number of halogens is 1. The Hall–Kier alpha value is -2.70. The normalized spacial score (nSPS) is 21.9. The fourth-order valence-electron chi connectivity index (χ4n) is 4.52. The highest BCUT2D eigenvalue weighted by Gasteiger charge is 2.37. The lowest BCUT2D eigenvalue weighted by atomic mass is 9.78. The molecule has 1 aromatic carbocycles. The van der Waals surface area contributed by atoms with E-state index in [0.717, 1.165) is 36.8 Å². The number of carbonyl (C=O) groups is 1. The van der Waals surface area contributed by atoms with Crippen LogP contribution in [0.5, 0.6) is 5.75 Å². The van der Waals surface area contributed by atoms with Crippen molar-refractivity contribution in [2.24, 2.45) is 5.92 Å². The third-order valence-corrected chi connectivity index (χ3v) is 5.89. The van der Waals surface area contributed by atoms with Gasteiger partial charge in [0.15, 0.2) is 11.4 Å². The van der Waals surface area contributed by atoms with Crippen LogP contribution in [0.4, 0.5) is 4.39 Å². The molecule has 2 aromatic rings. The summed E-state index contributed by atoms with van der Waals surface area (Å²) in [5.41, 5.74) is 0.0872. The Balaban J connectivity index is 1.73. The average Bonchev–Trinajstić information content (AvgIpc) is 2.73. The summed E-state index contributed by atoms with van der Waals surface area (Å²) in [6, 6.07) is 6.93. The number of methoxy groups -OCH3 is 1. The maximum atomic E-state index is 13.4. The standard InChI is InChI=1S/C21H24FN3O3/c1-28-18-13-19(26)25(16-10-8-15(22)9-11-16)23-20(18)21(27)24-12-4-6-14-5-2-3-7-17(14)24/h8-11,13-14,17H,2-7,12H2,1H3/t14-,17-/m1/s1.